The third-order valence-electron chi connectivity index (χ3n) is 4.53. The maximum absolute atomic E-state index is 13.6. The Balaban J connectivity index is 1.60. The van der Waals surface area contributed by atoms with Gasteiger partial charge < -0.3 is 5.32 Å². The van der Waals surface area contributed by atoms with Crippen LogP contribution < -0.4 is 5.32 Å². The first-order chi connectivity index (χ1) is 12.5. The van der Waals surface area contributed by atoms with Crippen LogP contribution in [-0.4, -0.2) is 25.8 Å². The molecule has 7 heteroatoms. The summed E-state index contributed by atoms with van der Waals surface area (Å²) in [5.74, 6) is -0.933. The first kappa shape index (κ1) is 18.9. The van der Waals surface area contributed by atoms with E-state index in [1.807, 2.05) is 0 Å². The van der Waals surface area contributed by atoms with Gasteiger partial charge in [-0.2, -0.15) is 4.31 Å². The largest absolute Gasteiger partial charge is 0.309 e. The van der Waals surface area contributed by atoms with Crippen molar-refractivity contribution >= 4 is 10.0 Å². The Labute approximate surface area is 152 Å². The molecule has 1 aliphatic heterocycles. The van der Waals surface area contributed by atoms with Gasteiger partial charge in [0.25, 0.3) is 0 Å². The molecule has 0 saturated carbocycles. The fraction of sp³-hybridized carbons (Fsp3) is 0.368. The van der Waals surface area contributed by atoms with Gasteiger partial charge in [0.2, 0.25) is 10.0 Å². The highest BCUT2D eigenvalue weighted by molar-refractivity contribution is 7.89. The first-order valence-electron chi connectivity index (χ1n) is 8.70. The Hall–Kier alpha value is -1.83. The molecule has 0 aliphatic carbocycles. The molecule has 1 fully saturated rings. The number of piperidine rings is 1. The molecule has 0 radical (unpaired) electrons. The number of hydrogen-bond donors (Lipinski definition) is 1. The summed E-state index contributed by atoms with van der Waals surface area (Å²) in [5, 5.41) is 3.04. The highest BCUT2D eigenvalue weighted by atomic mass is 32.2. The van der Waals surface area contributed by atoms with Gasteiger partial charge in [-0.25, -0.2) is 17.2 Å². The summed E-state index contributed by atoms with van der Waals surface area (Å²) in [6, 6.07) is 10.0. The molecule has 4 nitrogen and oxygen atoms in total. The molecule has 2 aromatic carbocycles. The molecular formula is C19H22F2N2O2S. The van der Waals surface area contributed by atoms with Gasteiger partial charge in [-0.05, 0) is 48.7 Å². The van der Waals surface area contributed by atoms with Crippen LogP contribution in [0, 0.1) is 11.6 Å². The zero-order chi connectivity index (χ0) is 18.6. The Kier molecular flexibility index (Phi) is 6.01. The standard InChI is InChI=1S/C19H22F2N2O2S/c20-17-6-9-19(21)16(12-17)14-22-13-15-4-7-18(8-5-15)26(24,25)23-10-2-1-3-11-23/h4-9,12,22H,1-3,10-11,13-14H2. The molecule has 0 amide bonds. The van der Waals surface area contributed by atoms with Gasteiger partial charge in [0, 0.05) is 31.7 Å². The van der Waals surface area contributed by atoms with E-state index < -0.39 is 21.7 Å². The van der Waals surface area contributed by atoms with Crippen LogP contribution in [0.25, 0.3) is 0 Å². The van der Waals surface area contributed by atoms with E-state index in [1.54, 1.807) is 24.3 Å². The molecule has 0 spiro atoms. The van der Waals surface area contributed by atoms with E-state index in [-0.39, 0.29) is 12.1 Å². The molecule has 0 unspecified atom stereocenters. The molecule has 0 aromatic heterocycles. The summed E-state index contributed by atoms with van der Waals surface area (Å²) < 4.78 is 53.5. The van der Waals surface area contributed by atoms with Crippen LogP contribution in [0.2, 0.25) is 0 Å². The molecule has 2 aromatic rings. The lowest BCUT2D eigenvalue weighted by atomic mass is 10.2. The molecular weight excluding hydrogens is 358 g/mol. The van der Waals surface area contributed by atoms with Crippen LogP contribution >= 0.6 is 0 Å². The number of sulfonamides is 1. The van der Waals surface area contributed by atoms with Crippen molar-refractivity contribution in [2.45, 2.75) is 37.2 Å². The Morgan fingerprint density at radius 3 is 2.31 bits per heavy atom. The second-order valence-corrected chi connectivity index (χ2v) is 8.39. The van der Waals surface area contributed by atoms with Gasteiger partial charge in [-0.1, -0.05) is 18.6 Å². The van der Waals surface area contributed by atoms with Crippen molar-refractivity contribution in [1.29, 1.82) is 0 Å². The molecule has 0 bridgehead atoms. The van der Waals surface area contributed by atoms with Crippen molar-refractivity contribution in [2.24, 2.45) is 0 Å². The molecule has 1 saturated heterocycles. The maximum Gasteiger partial charge on any atom is 0.243 e. The van der Waals surface area contributed by atoms with E-state index in [2.05, 4.69) is 5.32 Å². The average Bonchev–Trinajstić information content (AvgIpc) is 2.66. The van der Waals surface area contributed by atoms with E-state index in [0.717, 1.165) is 43.0 Å². The lowest BCUT2D eigenvalue weighted by molar-refractivity contribution is 0.346. The zero-order valence-electron chi connectivity index (χ0n) is 14.4. The van der Waals surface area contributed by atoms with Crippen LogP contribution in [0.4, 0.5) is 8.78 Å². The van der Waals surface area contributed by atoms with E-state index >= 15 is 0 Å². The monoisotopic (exact) mass is 380 g/mol. The quantitative estimate of drug-likeness (QED) is 0.835. The summed E-state index contributed by atoms with van der Waals surface area (Å²) in [6.07, 6.45) is 2.87. The van der Waals surface area contributed by atoms with Crippen LogP contribution in [0.15, 0.2) is 47.4 Å². The zero-order valence-corrected chi connectivity index (χ0v) is 15.2. The van der Waals surface area contributed by atoms with Gasteiger partial charge in [0.1, 0.15) is 11.6 Å². The van der Waals surface area contributed by atoms with Gasteiger partial charge >= 0.3 is 0 Å². The van der Waals surface area contributed by atoms with Gasteiger partial charge in [-0.3, -0.25) is 0 Å². The number of nitrogens with zero attached hydrogens (tertiary/aromatic N) is 1. The lowest BCUT2D eigenvalue weighted by Crippen LogP contribution is -2.35. The van der Waals surface area contributed by atoms with Crippen LogP contribution in [-0.2, 0) is 23.1 Å². The maximum atomic E-state index is 13.6. The Morgan fingerprint density at radius 2 is 1.62 bits per heavy atom. The van der Waals surface area contributed by atoms with Crippen molar-refractivity contribution in [3.8, 4) is 0 Å². The van der Waals surface area contributed by atoms with E-state index in [0.29, 0.717) is 24.5 Å². The molecule has 26 heavy (non-hydrogen) atoms. The van der Waals surface area contributed by atoms with Crippen LogP contribution in [0.1, 0.15) is 30.4 Å². The number of benzene rings is 2. The summed E-state index contributed by atoms with van der Waals surface area (Å²) in [7, 11) is -3.43. The molecule has 140 valence electrons. The van der Waals surface area contributed by atoms with Crippen molar-refractivity contribution in [3.63, 3.8) is 0 Å². The fourth-order valence-corrected chi connectivity index (χ4v) is 4.57. The minimum Gasteiger partial charge on any atom is -0.309 e. The number of hydrogen-bond acceptors (Lipinski definition) is 3. The average molecular weight is 380 g/mol. The molecule has 1 aliphatic rings. The normalized spacial score (nSPS) is 15.9. The number of halogens is 2. The van der Waals surface area contributed by atoms with Gasteiger partial charge in [0.05, 0.1) is 4.90 Å². The molecule has 1 N–H and O–H groups in total. The summed E-state index contributed by atoms with van der Waals surface area (Å²) in [6.45, 7) is 1.77. The smallest absolute Gasteiger partial charge is 0.243 e. The topological polar surface area (TPSA) is 49.4 Å². The number of nitrogens with one attached hydrogen (secondary N) is 1. The van der Waals surface area contributed by atoms with Crippen molar-refractivity contribution in [2.75, 3.05) is 13.1 Å². The Morgan fingerprint density at radius 1 is 0.923 bits per heavy atom. The molecule has 0 atom stereocenters. The van der Waals surface area contributed by atoms with Crippen molar-refractivity contribution < 1.29 is 17.2 Å². The highest BCUT2D eigenvalue weighted by Crippen LogP contribution is 2.21. The predicted octanol–water partition coefficient (Wildman–Crippen LogP) is 3.43. The second-order valence-electron chi connectivity index (χ2n) is 6.45. The van der Waals surface area contributed by atoms with Gasteiger partial charge in [-0.15, -0.1) is 0 Å². The van der Waals surface area contributed by atoms with E-state index in [1.165, 1.54) is 4.31 Å². The van der Waals surface area contributed by atoms with E-state index in [9.17, 15) is 17.2 Å². The summed E-state index contributed by atoms with van der Waals surface area (Å²) >= 11 is 0. The minimum atomic E-state index is -3.43. The molecule has 1 heterocycles. The van der Waals surface area contributed by atoms with E-state index in [4.69, 9.17) is 0 Å². The minimum absolute atomic E-state index is 0.192. The van der Waals surface area contributed by atoms with Crippen molar-refractivity contribution in [3.05, 3.63) is 65.2 Å². The lowest BCUT2D eigenvalue weighted by Gasteiger charge is -2.25. The summed E-state index contributed by atoms with van der Waals surface area (Å²) in [5.41, 5.74) is 1.13. The fourth-order valence-electron chi connectivity index (χ4n) is 3.05. The third-order valence-corrected chi connectivity index (χ3v) is 6.44. The summed E-state index contributed by atoms with van der Waals surface area (Å²) in [4.78, 5) is 0.291. The second kappa shape index (κ2) is 8.24. The first-order valence-corrected chi connectivity index (χ1v) is 10.1. The SMILES string of the molecule is O=S(=O)(c1ccc(CNCc2cc(F)ccc2F)cc1)N1CCCCC1. The molecule has 3 rings (SSSR count). The van der Waals surface area contributed by atoms with Crippen LogP contribution in [0.5, 0.6) is 0 Å². The predicted molar refractivity (Wildman–Crippen MR) is 96.0 cm³/mol. The third kappa shape index (κ3) is 4.47. The Bertz CT molecular complexity index is 848. The number of rotatable bonds is 6. The van der Waals surface area contributed by atoms with Crippen molar-refractivity contribution in [1.82, 2.24) is 9.62 Å². The highest BCUT2D eigenvalue weighted by Gasteiger charge is 2.25. The van der Waals surface area contributed by atoms with Crippen LogP contribution in [0.3, 0.4) is 0 Å². The van der Waals surface area contributed by atoms with Gasteiger partial charge in [0.15, 0.2) is 0 Å².